The fourth-order valence-corrected chi connectivity index (χ4v) is 3.47. The van der Waals surface area contributed by atoms with Crippen LogP contribution in [0.25, 0.3) is 0 Å². The van der Waals surface area contributed by atoms with Crippen LogP contribution in [-0.4, -0.2) is 35.5 Å². The lowest BCUT2D eigenvalue weighted by Gasteiger charge is -2.25. The summed E-state index contributed by atoms with van der Waals surface area (Å²) in [5.74, 6) is 2.92. The van der Waals surface area contributed by atoms with Gasteiger partial charge in [0.25, 0.3) is 0 Å². The molecule has 0 saturated heterocycles. The first-order chi connectivity index (χ1) is 9.38. The number of aliphatic imine (C=N–C) groups is 1. The third kappa shape index (κ3) is 5.37. The molecule has 2 nitrogen and oxygen atoms in total. The van der Waals surface area contributed by atoms with E-state index in [1.807, 2.05) is 24.0 Å². The van der Waals surface area contributed by atoms with E-state index in [1.54, 1.807) is 0 Å². The maximum absolute atomic E-state index is 8.78. The average Bonchev–Trinajstić information content (AvgIpc) is 2.48. The number of rotatable bonds is 6. The van der Waals surface area contributed by atoms with E-state index < -0.39 is 0 Å². The SMILES string of the molecule is OCCSCC1CCC(N=Cc2ccccc2)CC1. The van der Waals surface area contributed by atoms with Crippen LogP contribution in [0.1, 0.15) is 31.2 Å². The molecule has 1 aliphatic rings. The molecule has 1 aliphatic carbocycles. The van der Waals surface area contributed by atoms with Crippen LogP contribution in [0.3, 0.4) is 0 Å². The maximum atomic E-state index is 8.78. The summed E-state index contributed by atoms with van der Waals surface area (Å²) in [5, 5.41) is 8.78. The van der Waals surface area contributed by atoms with Gasteiger partial charge in [0.1, 0.15) is 0 Å². The van der Waals surface area contributed by atoms with Crippen molar-refractivity contribution < 1.29 is 5.11 Å². The molecule has 0 aliphatic heterocycles. The molecule has 104 valence electrons. The minimum atomic E-state index is 0.307. The van der Waals surface area contributed by atoms with Crippen molar-refractivity contribution in [2.45, 2.75) is 31.7 Å². The first-order valence-corrected chi connectivity index (χ1v) is 8.31. The van der Waals surface area contributed by atoms with E-state index in [2.05, 4.69) is 24.3 Å². The molecule has 0 heterocycles. The molecule has 1 N–H and O–H groups in total. The highest BCUT2D eigenvalue weighted by Gasteiger charge is 2.19. The zero-order valence-corrected chi connectivity index (χ0v) is 12.2. The number of thioether (sulfide) groups is 1. The van der Waals surface area contributed by atoms with Gasteiger partial charge in [0.2, 0.25) is 0 Å². The number of hydrogen-bond acceptors (Lipinski definition) is 3. The summed E-state index contributed by atoms with van der Waals surface area (Å²) in [6.45, 7) is 0.307. The van der Waals surface area contributed by atoms with Gasteiger partial charge in [0, 0.05) is 18.0 Å². The van der Waals surface area contributed by atoms with Crippen LogP contribution in [0.4, 0.5) is 0 Å². The fraction of sp³-hybridized carbons (Fsp3) is 0.562. The van der Waals surface area contributed by atoms with E-state index in [0.29, 0.717) is 12.6 Å². The number of nitrogens with zero attached hydrogens (tertiary/aromatic N) is 1. The van der Waals surface area contributed by atoms with Gasteiger partial charge in [-0.2, -0.15) is 11.8 Å². The summed E-state index contributed by atoms with van der Waals surface area (Å²) in [6.07, 6.45) is 7.03. The largest absolute Gasteiger partial charge is 0.396 e. The summed E-state index contributed by atoms with van der Waals surface area (Å²) < 4.78 is 0. The third-order valence-electron chi connectivity index (χ3n) is 3.64. The van der Waals surface area contributed by atoms with Crippen molar-refractivity contribution in [3.05, 3.63) is 35.9 Å². The molecular weight excluding hydrogens is 254 g/mol. The van der Waals surface area contributed by atoms with Crippen molar-refractivity contribution in [1.82, 2.24) is 0 Å². The summed E-state index contributed by atoms with van der Waals surface area (Å²) >= 11 is 1.88. The predicted molar refractivity (Wildman–Crippen MR) is 84.2 cm³/mol. The van der Waals surface area contributed by atoms with Gasteiger partial charge in [-0.1, -0.05) is 30.3 Å². The number of aliphatic hydroxyl groups excluding tert-OH is 1. The normalized spacial score (nSPS) is 23.8. The van der Waals surface area contributed by atoms with Gasteiger partial charge in [-0.25, -0.2) is 0 Å². The lowest BCUT2D eigenvalue weighted by Crippen LogP contribution is -2.19. The highest BCUT2D eigenvalue weighted by molar-refractivity contribution is 7.99. The Hall–Kier alpha value is -0.800. The van der Waals surface area contributed by atoms with E-state index in [4.69, 9.17) is 10.1 Å². The molecule has 0 atom stereocenters. The monoisotopic (exact) mass is 277 g/mol. The van der Waals surface area contributed by atoms with Crippen molar-refractivity contribution in [3.63, 3.8) is 0 Å². The van der Waals surface area contributed by atoms with Gasteiger partial charge in [-0.3, -0.25) is 4.99 Å². The van der Waals surface area contributed by atoms with E-state index in [9.17, 15) is 0 Å². The van der Waals surface area contributed by atoms with E-state index in [1.165, 1.54) is 37.0 Å². The minimum Gasteiger partial charge on any atom is -0.396 e. The highest BCUT2D eigenvalue weighted by atomic mass is 32.2. The second-order valence-electron chi connectivity index (χ2n) is 5.16. The first-order valence-electron chi connectivity index (χ1n) is 7.15. The molecule has 0 unspecified atom stereocenters. The van der Waals surface area contributed by atoms with Crippen LogP contribution >= 0.6 is 11.8 Å². The van der Waals surface area contributed by atoms with Crippen molar-refractivity contribution in [2.24, 2.45) is 10.9 Å². The van der Waals surface area contributed by atoms with Crippen LogP contribution in [0, 0.1) is 5.92 Å². The van der Waals surface area contributed by atoms with Crippen LogP contribution in [0.15, 0.2) is 35.3 Å². The zero-order valence-electron chi connectivity index (χ0n) is 11.4. The van der Waals surface area contributed by atoms with Gasteiger partial charge < -0.3 is 5.11 Å². The van der Waals surface area contributed by atoms with Crippen molar-refractivity contribution in [3.8, 4) is 0 Å². The highest BCUT2D eigenvalue weighted by Crippen LogP contribution is 2.28. The van der Waals surface area contributed by atoms with Crippen LogP contribution in [0.2, 0.25) is 0 Å². The Morgan fingerprint density at radius 1 is 1.16 bits per heavy atom. The Bertz CT molecular complexity index is 372. The lowest BCUT2D eigenvalue weighted by molar-refractivity contribution is 0.321. The van der Waals surface area contributed by atoms with Crippen molar-refractivity contribution >= 4 is 18.0 Å². The number of aliphatic hydroxyl groups is 1. The molecular formula is C16H23NOS. The number of hydrogen-bond donors (Lipinski definition) is 1. The van der Waals surface area contributed by atoms with Gasteiger partial charge >= 0.3 is 0 Å². The minimum absolute atomic E-state index is 0.307. The van der Waals surface area contributed by atoms with E-state index >= 15 is 0 Å². The van der Waals surface area contributed by atoms with Gasteiger partial charge in [0.05, 0.1) is 6.61 Å². The molecule has 19 heavy (non-hydrogen) atoms. The Kier molecular flexibility index (Phi) is 6.45. The van der Waals surface area contributed by atoms with Crippen molar-refractivity contribution in [1.29, 1.82) is 0 Å². The van der Waals surface area contributed by atoms with E-state index in [-0.39, 0.29) is 0 Å². The second kappa shape index (κ2) is 8.39. The first kappa shape index (κ1) is 14.6. The average molecular weight is 277 g/mol. The van der Waals surface area contributed by atoms with Crippen molar-refractivity contribution in [2.75, 3.05) is 18.1 Å². The summed E-state index contributed by atoms with van der Waals surface area (Å²) in [4.78, 5) is 4.71. The van der Waals surface area contributed by atoms with Crippen LogP contribution < -0.4 is 0 Å². The maximum Gasteiger partial charge on any atom is 0.0521 e. The molecule has 1 aromatic carbocycles. The molecule has 0 amide bonds. The third-order valence-corrected chi connectivity index (χ3v) is 4.82. The Labute approximate surface area is 120 Å². The molecule has 1 fully saturated rings. The molecule has 0 aromatic heterocycles. The van der Waals surface area contributed by atoms with Crippen LogP contribution in [0.5, 0.6) is 0 Å². The number of benzene rings is 1. The van der Waals surface area contributed by atoms with Gasteiger partial charge in [0.15, 0.2) is 0 Å². The standard InChI is InChI=1S/C16H23NOS/c18-10-11-19-13-15-6-8-16(9-7-15)17-12-14-4-2-1-3-5-14/h1-5,12,15-16,18H,6-11,13H2. The Morgan fingerprint density at radius 2 is 1.89 bits per heavy atom. The summed E-state index contributed by atoms with van der Waals surface area (Å²) in [6, 6.07) is 10.8. The molecule has 1 aromatic rings. The topological polar surface area (TPSA) is 32.6 Å². The predicted octanol–water partition coefficient (Wildman–Crippen LogP) is 3.39. The molecule has 3 heteroatoms. The van der Waals surface area contributed by atoms with Gasteiger partial charge in [-0.05, 0) is 42.9 Å². The summed E-state index contributed by atoms with van der Waals surface area (Å²) in [5.41, 5.74) is 1.20. The Morgan fingerprint density at radius 3 is 2.58 bits per heavy atom. The van der Waals surface area contributed by atoms with Crippen LogP contribution in [-0.2, 0) is 0 Å². The molecule has 0 radical (unpaired) electrons. The van der Waals surface area contributed by atoms with E-state index in [0.717, 1.165) is 11.7 Å². The lowest BCUT2D eigenvalue weighted by atomic mass is 9.87. The fourth-order valence-electron chi connectivity index (χ4n) is 2.51. The van der Waals surface area contributed by atoms with Gasteiger partial charge in [-0.15, -0.1) is 0 Å². The smallest absolute Gasteiger partial charge is 0.0521 e. The molecule has 1 saturated carbocycles. The second-order valence-corrected chi connectivity index (χ2v) is 6.31. The Balaban J connectivity index is 1.70. The molecule has 0 spiro atoms. The molecule has 2 rings (SSSR count). The quantitative estimate of drug-likeness (QED) is 0.638. The summed E-state index contributed by atoms with van der Waals surface area (Å²) in [7, 11) is 0. The zero-order chi connectivity index (χ0) is 13.3. The molecule has 0 bridgehead atoms.